The lowest BCUT2D eigenvalue weighted by Crippen LogP contribution is -2.03. The highest BCUT2D eigenvalue weighted by atomic mass is 35.5. The summed E-state index contributed by atoms with van der Waals surface area (Å²) >= 11 is 9.92. The van der Waals surface area contributed by atoms with E-state index in [1.165, 1.54) is 34.2 Å². The summed E-state index contributed by atoms with van der Waals surface area (Å²) in [5.41, 5.74) is 4.67. The van der Waals surface area contributed by atoms with Crippen LogP contribution < -0.4 is 5.32 Å². The lowest BCUT2D eigenvalue weighted by molar-refractivity contribution is 0.700. The lowest BCUT2D eigenvalue weighted by atomic mass is 9.97. The summed E-state index contributed by atoms with van der Waals surface area (Å²) in [6.07, 6.45) is 6.81. The number of hydrogen-bond acceptors (Lipinski definition) is 5. The Morgan fingerprint density at radius 2 is 1.96 bits per heavy atom. The third-order valence-electron chi connectivity index (χ3n) is 4.65. The van der Waals surface area contributed by atoms with Gasteiger partial charge in [0.2, 0.25) is 0 Å². The molecule has 0 radical (unpaired) electrons. The van der Waals surface area contributed by atoms with Gasteiger partial charge in [-0.15, -0.1) is 11.3 Å². The average molecular weight is 390 g/mol. The second kappa shape index (κ2) is 6.78. The van der Waals surface area contributed by atoms with Crippen LogP contribution in [0.2, 0.25) is 5.02 Å². The van der Waals surface area contributed by atoms with Crippen molar-refractivity contribution in [3.63, 3.8) is 0 Å². The van der Waals surface area contributed by atoms with Crippen molar-refractivity contribution in [2.75, 3.05) is 11.6 Å². The molecule has 0 aliphatic heterocycles. The number of thioether (sulfide) groups is 1. The monoisotopic (exact) mass is 389 g/mol. The molecule has 6 heteroatoms. The number of benzene rings is 1. The fraction of sp³-hybridized carbons (Fsp3) is 0.368. The Morgan fingerprint density at radius 3 is 2.72 bits per heavy atom. The Kier molecular flexibility index (Phi) is 4.65. The molecule has 0 saturated heterocycles. The van der Waals surface area contributed by atoms with E-state index in [9.17, 15) is 0 Å². The van der Waals surface area contributed by atoms with Crippen molar-refractivity contribution in [1.29, 1.82) is 0 Å². The van der Waals surface area contributed by atoms with Crippen LogP contribution in [0.1, 0.15) is 34.4 Å². The number of thiophene rings is 1. The van der Waals surface area contributed by atoms with Crippen LogP contribution in [-0.2, 0) is 12.8 Å². The smallest absolute Gasteiger partial charge is 0.190 e. The largest absolute Gasteiger partial charge is 0.338 e. The van der Waals surface area contributed by atoms with Gasteiger partial charge in [-0.3, -0.25) is 0 Å². The predicted octanol–water partition coefficient (Wildman–Crippen LogP) is 6.31. The minimum absolute atomic E-state index is 0.735. The van der Waals surface area contributed by atoms with Crippen molar-refractivity contribution in [3.8, 4) is 0 Å². The SMILES string of the molecule is CSc1nc(Nc2c(C)cc(C)cc2Cl)c2c3c(sc2n1)CCCC3. The number of aromatic nitrogens is 2. The van der Waals surface area contributed by atoms with Gasteiger partial charge >= 0.3 is 0 Å². The molecule has 0 bridgehead atoms. The van der Waals surface area contributed by atoms with Gasteiger partial charge in [0.05, 0.1) is 16.1 Å². The van der Waals surface area contributed by atoms with E-state index >= 15 is 0 Å². The van der Waals surface area contributed by atoms with Gasteiger partial charge in [-0.1, -0.05) is 29.4 Å². The Bertz CT molecular complexity index is 942. The van der Waals surface area contributed by atoms with E-state index in [0.29, 0.717) is 0 Å². The van der Waals surface area contributed by atoms with Crippen LogP contribution in [0.3, 0.4) is 0 Å². The zero-order valence-electron chi connectivity index (χ0n) is 14.6. The molecule has 25 heavy (non-hydrogen) atoms. The molecule has 0 fully saturated rings. The molecule has 1 aliphatic carbocycles. The zero-order chi connectivity index (χ0) is 17.6. The molecule has 2 aromatic heterocycles. The molecule has 3 aromatic rings. The lowest BCUT2D eigenvalue weighted by Gasteiger charge is -2.15. The first-order valence-corrected chi connectivity index (χ1v) is 10.9. The zero-order valence-corrected chi connectivity index (χ0v) is 17.0. The molecule has 1 aliphatic rings. The minimum Gasteiger partial charge on any atom is -0.338 e. The fourth-order valence-corrected chi connectivity index (χ4v) is 5.56. The first-order valence-electron chi connectivity index (χ1n) is 8.47. The summed E-state index contributed by atoms with van der Waals surface area (Å²) in [5, 5.41) is 6.26. The van der Waals surface area contributed by atoms with Gasteiger partial charge in [0.15, 0.2) is 5.16 Å². The van der Waals surface area contributed by atoms with Crippen molar-refractivity contribution < 1.29 is 0 Å². The van der Waals surface area contributed by atoms with Crippen LogP contribution in [0, 0.1) is 13.8 Å². The van der Waals surface area contributed by atoms with Crippen LogP contribution in [-0.4, -0.2) is 16.2 Å². The molecule has 0 spiro atoms. The van der Waals surface area contributed by atoms with E-state index in [2.05, 4.69) is 25.2 Å². The summed E-state index contributed by atoms with van der Waals surface area (Å²) in [6, 6.07) is 4.14. The van der Waals surface area contributed by atoms with Gasteiger partial charge in [-0.2, -0.15) is 0 Å². The van der Waals surface area contributed by atoms with Crippen LogP contribution in [0.25, 0.3) is 10.2 Å². The van der Waals surface area contributed by atoms with E-state index < -0.39 is 0 Å². The van der Waals surface area contributed by atoms with Gasteiger partial charge < -0.3 is 5.32 Å². The number of nitrogens with zero attached hydrogens (tertiary/aromatic N) is 2. The van der Waals surface area contributed by atoms with Crippen molar-refractivity contribution in [2.45, 2.75) is 44.7 Å². The van der Waals surface area contributed by atoms with Crippen molar-refractivity contribution >= 4 is 56.4 Å². The van der Waals surface area contributed by atoms with E-state index in [1.807, 2.05) is 23.7 Å². The Balaban J connectivity index is 1.90. The van der Waals surface area contributed by atoms with E-state index in [-0.39, 0.29) is 0 Å². The van der Waals surface area contributed by atoms with E-state index in [0.717, 1.165) is 44.9 Å². The van der Waals surface area contributed by atoms with E-state index in [4.69, 9.17) is 21.6 Å². The number of anilines is 2. The molecule has 130 valence electrons. The molecular formula is C19H20ClN3S2. The third-order valence-corrected chi connectivity index (χ3v) is 6.68. The molecule has 4 rings (SSSR count). The highest BCUT2D eigenvalue weighted by Gasteiger charge is 2.22. The second-order valence-electron chi connectivity index (χ2n) is 6.51. The first-order chi connectivity index (χ1) is 12.1. The quantitative estimate of drug-likeness (QED) is 0.421. The Hall–Kier alpha value is -1.30. The third kappa shape index (κ3) is 3.14. The maximum atomic E-state index is 6.52. The predicted molar refractivity (Wildman–Crippen MR) is 110 cm³/mol. The maximum absolute atomic E-state index is 6.52. The molecule has 1 aromatic carbocycles. The standard InChI is InChI=1S/C19H20ClN3S2/c1-10-8-11(2)16(13(20)9-10)21-17-15-12-6-4-5-7-14(12)25-18(15)23-19(22-17)24-3/h8-9H,4-7H2,1-3H3,(H,21,22,23). The van der Waals surface area contributed by atoms with E-state index in [1.54, 1.807) is 11.8 Å². The number of halogens is 1. The summed E-state index contributed by atoms with van der Waals surface area (Å²) in [7, 11) is 0. The number of nitrogens with one attached hydrogen (secondary N) is 1. The minimum atomic E-state index is 0.735. The van der Waals surface area contributed by atoms with Crippen molar-refractivity contribution in [1.82, 2.24) is 9.97 Å². The van der Waals surface area contributed by atoms with Crippen molar-refractivity contribution in [2.24, 2.45) is 0 Å². The first kappa shape index (κ1) is 17.1. The summed E-state index contributed by atoms with van der Waals surface area (Å²) in [6.45, 7) is 4.14. The van der Waals surface area contributed by atoms with Gasteiger partial charge in [0.25, 0.3) is 0 Å². The van der Waals surface area contributed by atoms with Crippen LogP contribution >= 0.6 is 34.7 Å². The molecule has 0 atom stereocenters. The molecule has 0 amide bonds. The number of hydrogen-bond donors (Lipinski definition) is 1. The summed E-state index contributed by atoms with van der Waals surface area (Å²) < 4.78 is 0. The van der Waals surface area contributed by atoms with Crippen LogP contribution in [0.15, 0.2) is 17.3 Å². The van der Waals surface area contributed by atoms with Crippen LogP contribution in [0.5, 0.6) is 0 Å². The summed E-state index contributed by atoms with van der Waals surface area (Å²) in [5.74, 6) is 0.891. The van der Waals surface area contributed by atoms with Gasteiger partial charge in [0, 0.05) is 4.88 Å². The molecule has 0 saturated carbocycles. The fourth-order valence-electron chi connectivity index (χ4n) is 3.51. The van der Waals surface area contributed by atoms with Crippen LogP contribution in [0.4, 0.5) is 11.5 Å². The molecule has 3 nitrogen and oxygen atoms in total. The highest BCUT2D eigenvalue weighted by molar-refractivity contribution is 7.98. The second-order valence-corrected chi connectivity index (χ2v) is 8.78. The molecule has 2 heterocycles. The van der Waals surface area contributed by atoms with Gasteiger partial charge in [-0.25, -0.2) is 9.97 Å². The number of fused-ring (bicyclic) bond motifs is 3. The normalized spacial score (nSPS) is 13.9. The molecular weight excluding hydrogens is 370 g/mol. The number of aryl methyl sites for hydroxylation is 4. The van der Waals surface area contributed by atoms with Gasteiger partial charge in [0.1, 0.15) is 10.6 Å². The van der Waals surface area contributed by atoms with Gasteiger partial charge in [-0.05, 0) is 68.5 Å². The number of rotatable bonds is 3. The Labute approximate surface area is 161 Å². The molecule has 1 N–H and O–H groups in total. The topological polar surface area (TPSA) is 37.8 Å². The highest BCUT2D eigenvalue weighted by Crippen LogP contribution is 2.41. The maximum Gasteiger partial charge on any atom is 0.190 e. The Morgan fingerprint density at radius 1 is 1.16 bits per heavy atom. The molecule has 0 unspecified atom stereocenters. The summed E-state index contributed by atoms with van der Waals surface area (Å²) in [4.78, 5) is 12.1. The average Bonchev–Trinajstić information content (AvgIpc) is 2.96. The van der Waals surface area contributed by atoms with Crippen molar-refractivity contribution in [3.05, 3.63) is 38.7 Å².